The highest BCUT2D eigenvalue weighted by Crippen LogP contribution is 2.41. The van der Waals surface area contributed by atoms with E-state index < -0.39 is 129 Å². The quantitative estimate of drug-likeness (QED) is 0.0472. The van der Waals surface area contributed by atoms with Gasteiger partial charge >= 0.3 is 30.9 Å². The Morgan fingerprint density at radius 2 is 1.65 bits per heavy atom. The number of urea groups is 1. The Morgan fingerprint density at radius 1 is 0.945 bits per heavy atom. The van der Waals surface area contributed by atoms with Crippen LogP contribution in [0, 0.1) is 23.3 Å². The number of fused-ring (bicyclic) bond motifs is 1. The number of amides is 6. The van der Waals surface area contributed by atoms with Crippen molar-refractivity contribution in [2.45, 2.75) is 24.8 Å². The third-order valence-corrected chi connectivity index (χ3v) is 8.91. The summed E-state index contributed by atoms with van der Waals surface area (Å²) in [7, 11) is -2.01. The van der Waals surface area contributed by atoms with Gasteiger partial charge in [-0.2, -0.15) is 0 Å². The smallest absolute Gasteiger partial charge is 0.534 e. The minimum absolute atomic E-state index is 0.00353. The largest absolute Gasteiger partial charge is 0.547 e. The Hall–Kier alpha value is -6.29. The molecular formula is C32H27BClF4N5O12. The number of rotatable bonds is 10. The molecule has 0 spiro atoms. The number of hydrogen-bond donors (Lipinski definition) is 8. The minimum atomic E-state index is -2.12. The molecule has 2 heterocycles. The maximum absolute atomic E-state index is 14.6. The van der Waals surface area contributed by atoms with Gasteiger partial charge in [-0.3, -0.25) is 24.1 Å². The molecule has 1 fully saturated rings. The molecule has 290 valence electrons. The first kappa shape index (κ1) is 39.9. The number of imide groups is 1. The van der Waals surface area contributed by atoms with Gasteiger partial charge in [0.15, 0.2) is 28.9 Å². The number of phenolic OH excluding ortho intramolecular Hbond substituents is 3. The van der Waals surface area contributed by atoms with Gasteiger partial charge in [-0.15, -0.1) is 0 Å². The predicted molar refractivity (Wildman–Crippen MR) is 177 cm³/mol. The van der Waals surface area contributed by atoms with Crippen LogP contribution in [0.4, 0.5) is 22.4 Å². The number of carbonyl (C=O) groups excluding carboxylic acids is 5. The van der Waals surface area contributed by atoms with Crippen LogP contribution in [0.15, 0.2) is 30.3 Å². The number of benzene rings is 3. The van der Waals surface area contributed by atoms with Gasteiger partial charge in [0.25, 0.3) is 5.91 Å². The lowest BCUT2D eigenvalue weighted by molar-refractivity contribution is -0.153. The third-order valence-electron chi connectivity index (χ3n) is 8.51. The van der Waals surface area contributed by atoms with E-state index in [4.69, 9.17) is 16.3 Å². The van der Waals surface area contributed by atoms with E-state index in [0.717, 1.165) is 17.0 Å². The molecule has 55 heavy (non-hydrogen) atoms. The van der Waals surface area contributed by atoms with Crippen molar-refractivity contribution >= 4 is 54.3 Å². The summed E-state index contributed by atoms with van der Waals surface area (Å²) < 4.78 is 61.5. The second kappa shape index (κ2) is 16.0. The Labute approximate surface area is 311 Å². The van der Waals surface area contributed by atoms with E-state index in [-0.39, 0.29) is 38.0 Å². The van der Waals surface area contributed by atoms with E-state index in [1.165, 1.54) is 0 Å². The summed E-state index contributed by atoms with van der Waals surface area (Å²) in [6, 6.07) is -0.190. The molecule has 2 atom stereocenters. The van der Waals surface area contributed by atoms with Crippen LogP contribution in [0.25, 0.3) is 0 Å². The van der Waals surface area contributed by atoms with Crippen molar-refractivity contribution in [1.82, 2.24) is 25.8 Å². The number of hydrogen-bond acceptors (Lipinski definition) is 11. The van der Waals surface area contributed by atoms with Crippen molar-refractivity contribution < 1.29 is 76.4 Å². The number of phenols is 3. The fourth-order valence-electron chi connectivity index (χ4n) is 5.70. The molecule has 1 saturated heterocycles. The molecule has 3 aromatic rings. The van der Waals surface area contributed by atoms with Crippen LogP contribution < -0.4 is 20.6 Å². The van der Waals surface area contributed by atoms with Crippen molar-refractivity contribution in [3.63, 3.8) is 0 Å². The normalized spacial score (nSPS) is 15.9. The number of nitrogens with one attached hydrogen (secondary N) is 3. The third kappa shape index (κ3) is 8.14. The van der Waals surface area contributed by atoms with E-state index in [0.29, 0.717) is 23.1 Å². The highest BCUT2D eigenvalue weighted by molar-refractivity contribution is 6.47. The van der Waals surface area contributed by atoms with E-state index in [1.807, 2.05) is 0 Å². The van der Waals surface area contributed by atoms with E-state index >= 15 is 0 Å². The van der Waals surface area contributed by atoms with Crippen LogP contribution in [0.5, 0.6) is 23.0 Å². The average Bonchev–Trinajstić information content (AvgIpc) is 3.13. The Balaban J connectivity index is 1.27. The number of aromatic hydroxyl groups is 3. The monoisotopic (exact) mass is 795 g/mol. The molecule has 0 saturated carbocycles. The van der Waals surface area contributed by atoms with Crippen molar-refractivity contribution in [2.75, 3.05) is 26.2 Å². The lowest BCUT2D eigenvalue weighted by atomic mass is 9.72. The van der Waals surface area contributed by atoms with Gasteiger partial charge in [0.2, 0.25) is 5.91 Å². The summed E-state index contributed by atoms with van der Waals surface area (Å²) in [6.45, 7) is -1.07. The van der Waals surface area contributed by atoms with Crippen LogP contribution in [-0.2, 0) is 20.8 Å². The van der Waals surface area contributed by atoms with E-state index in [9.17, 15) is 71.8 Å². The summed E-state index contributed by atoms with van der Waals surface area (Å²) in [5, 5.41) is 55.0. The number of nitrogens with zero attached hydrogens (tertiary/aromatic N) is 2. The van der Waals surface area contributed by atoms with Gasteiger partial charge in [0.05, 0.1) is 16.5 Å². The SMILES string of the molecule is O=C(NCCCN1CCN(C(=O)NC(C(=O)NC2Cc3ccc(F)c(C(=O)O)c3OB2O)c2cc(F)c(O)c(O)c2Cl)C(=O)C1=O)c1cc(F)c(O)cc1F. The first-order valence-electron chi connectivity index (χ1n) is 15.9. The summed E-state index contributed by atoms with van der Waals surface area (Å²) in [5.74, 6) is -17.2. The number of carbonyl (C=O) groups is 6. The van der Waals surface area contributed by atoms with Gasteiger partial charge < -0.3 is 51.0 Å². The molecule has 8 N–H and O–H groups in total. The van der Waals surface area contributed by atoms with Crippen molar-refractivity contribution in [3.8, 4) is 23.0 Å². The zero-order chi connectivity index (χ0) is 40.5. The average molecular weight is 796 g/mol. The van der Waals surface area contributed by atoms with Crippen molar-refractivity contribution in [2.24, 2.45) is 0 Å². The first-order chi connectivity index (χ1) is 25.9. The van der Waals surface area contributed by atoms with Gasteiger partial charge in [-0.25, -0.2) is 27.2 Å². The molecule has 5 rings (SSSR count). The number of piperazine rings is 1. The molecule has 0 bridgehead atoms. The molecule has 23 heteroatoms. The van der Waals surface area contributed by atoms with Crippen LogP contribution >= 0.6 is 11.6 Å². The lowest BCUT2D eigenvalue weighted by Gasteiger charge is -2.34. The lowest BCUT2D eigenvalue weighted by Crippen LogP contribution is -2.60. The standard InChI is InChI=1S/C32H27BClF4N5O12/c34-22-14(10-18(38)24(45)25(22)46)23(28(48)40-20-8-12-2-3-15(35)21(31(51)52)26(12)55-33(20)54)41-32(53)43-7-6-42(29(49)30(43)50)5-1-4-39-27(47)13-9-17(37)19(44)11-16(13)36/h2-3,9-11,20,23,44-46,54H,1,4-8H2,(H,39,47)(H,40,48)(H,41,53)(H,51,52). The van der Waals surface area contributed by atoms with Crippen molar-refractivity contribution in [3.05, 3.63) is 80.9 Å². The summed E-state index contributed by atoms with van der Waals surface area (Å²) in [5.41, 5.74) is -2.22. The Morgan fingerprint density at radius 3 is 2.35 bits per heavy atom. The molecule has 0 radical (unpaired) electrons. The second-order valence-corrected chi connectivity index (χ2v) is 12.4. The highest BCUT2D eigenvalue weighted by Gasteiger charge is 2.42. The molecule has 0 aliphatic carbocycles. The van der Waals surface area contributed by atoms with Crippen molar-refractivity contribution in [1.29, 1.82) is 0 Å². The van der Waals surface area contributed by atoms with Gasteiger partial charge in [0, 0.05) is 37.8 Å². The minimum Gasteiger partial charge on any atom is -0.534 e. The fourth-order valence-corrected chi connectivity index (χ4v) is 5.96. The first-order valence-corrected chi connectivity index (χ1v) is 16.3. The van der Waals surface area contributed by atoms with E-state index in [2.05, 4.69) is 16.0 Å². The maximum Gasteiger partial charge on any atom is 0.547 e. The maximum atomic E-state index is 14.6. The number of halogens is 5. The van der Waals surface area contributed by atoms with Crippen LogP contribution in [0.2, 0.25) is 5.02 Å². The Bertz CT molecular complexity index is 2130. The second-order valence-electron chi connectivity index (χ2n) is 12.0. The fraction of sp³-hybridized carbons (Fsp3) is 0.250. The van der Waals surface area contributed by atoms with Gasteiger partial charge in [-0.1, -0.05) is 17.7 Å². The molecule has 17 nitrogen and oxygen atoms in total. The molecular weight excluding hydrogens is 769 g/mol. The van der Waals surface area contributed by atoms with Gasteiger partial charge in [-0.05, 0) is 36.6 Å². The molecule has 3 aromatic carbocycles. The Kier molecular flexibility index (Phi) is 11.6. The zero-order valence-electron chi connectivity index (χ0n) is 27.7. The molecule has 2 aliphatic rings. The molecule has 6 amide bonds. The number of aromatic carboxylic acids is 1. The zero-order valence-corrected chi connectivity index (χ0v) is 28.5. The van der Waals surface area contributed by atoms with Crippen LogP contribution in [0.3, 0.4) is 0 Å². The highest BCUT2D eigenvalue weighted by atomic mass is 35.5. The topological polar surface area (TPSA) is 255 Å². The summed E-state index contributed by atoms with van der Waals surface area (Å²) in [4.78, 5) is 78.2. The number of carboxylic acid groups (broad SMARTS) is 1. The number of carboxylic acids is 1. The van der Waals surface area contributed by atoms with Crippen LogP contribution in [-0.4, -0.2) is 110 Å². The summed E-state index contributed by atoms with van der Waals surface area (Å²) in [6.07, 6.45) is -0.360. The summed E-state index contributed by atoms with van der Waals surface area (Å²) >= 11 is 6.10. The van der Waals surface area contributed by atoms with Crippen LogP contribution in [0.1, 0.15) is 44.3 Å². The van der Waals surface area contributed by atoms with Gasteiger partial charge in [0.1, 0.15) is 29.0 Å². The van der Waals surface area contributed by atoms with E-state index in [1.54, 1.807) is 0 Å². The predicted octanol–water partition coefficient (Wildman–Crippen LogP) is 1.09. The molecule has 2 unspecified atom stereocenters. The molecule has 0 aromatic heterocycles. The molecule has 2 aliphatic heterocycles.